The standard InChI is InChI=1S/C25H20F3N3O4S2/c1-2-35-24(34)21-18-13-37-22(29-19(32)14-36-12-15-6-4-3-5-7-15)20(18)23(33)31(30-21)17-10-8-16(9-11-17)25(26,27)28/h3-11,13H,2,12,14H2,1H3,(H,29,32). The molecule has 0 saturated carbocycles. The van der Waals surface area contributed by atoms with Gasteiger partial charge in [-0.2, -0.15) is 23.0 Å². The fraction of sp³-hybridized carbons (Fsp3) is 0.200. The first-order valence-electron chi connectivity index (χ1n) is 11.0. The Morgan fingerprint density at radius 3 is 2.46 bits per heavy atom. The summed E-state index contributed by atoms with van der Waals surface area (Å²) >= 11 is 2.44. The van der Waals surface area contributed by atoms with Crippen molar-refractivity contribution in [1.29, 1.82) is 0 Å². The maximum absolute atomic E-state index is 13.4. The third-order valence-electron chi connectivity index (χ3n) is 5.16. The molecular weight excluding hydrogens is 527 g/mol. The number of halogens is 3. The second kappa shape index (κ2) is 11.2. The smallest absolute Gasteiger partial charge is 0.416 e. The van der Waals surface area contributed by atoms with Gasteiger partial charge in [-0.3, -0.25) is 9.59 Å². The zero-order chi connectivity index (χ0) is 26.6. The van der Waals surface area contributed by atoms with Crippen molar-refractivity contribution in [1.82, 2.24) is 9.78 Å². The van der Waals surface area contributed by atoms with Crippen molar-refractivity contribution < 1.29 is 27.5 Å². The Bertz CT molecular complexity index is 1480. The second-order valence-electron chi connectivity index (χ2n) is 7.71. The molecule has 0 atom stereocenters. The van der Waals surface area contributed by atoms with Crippen LogP contribution >= 0.6 is 23.1 Å². The van der Waals surface area contributed by atoms with Gasteiger partial charge in [0, 0.05) is 16.5 Å². The van der Waals surface area contributed by atoms with Crippen LogP contribution in [0.5, 0.6) is 0 Å². The largest absolute Gasteiger partial charge is 0.461 e. The number of nitrogens with zero attached hydrogens (tertiary/aromatic N) is 2. The predicted molar refractivity (Wildman–Crippen MR) is 137 cm³/mol. The highest BCUT2D eigenvalue weighted by atomic mass is 32.2. The summed E-state index contributed by atoms with van der Waals surface area (Å²) in [7, 11) is 0. The van der Waals surface area contributed by atoms with Crippen LogP contribution in [-0.4, -0.2) is 34.0 Å². The van der Waals surface area contributed by atoms with E-state index in [0.717, 1.165) is 45.8 Å². The van der Waals surface area contributed by atoms with Gasteiger partial charge in [0.05, 0.1) is 29.0 Å². The van der Waals surface area contributed by atoms with E-state index in [9.17, 15) is 27.6 Å². The lowest BCUT2D eigenvalue weighted by atomic mass is 10.2. The first kappa shape index (κ1) is 26.4. The van der Waals surface area contributed by atoms with Crippen molar-refractivity contribution >= 4 is 50.7 Å². The molecule has 12 heteroatoms. The van der Waals surface area contributed by atoms with Crippen molar-refractivity contribution in [2.24, 2.45) is 0 Å². The normalized spacial score (nSPS) is 11.5. The van der Waals surface area contributed by atoms with Crippen LogP contribution in [0.25, 0.3) is 16.5 Å². The molecule has 0 fully saturated rings. The molecule has 0 unspecified atom stereocenters. The van der Waals surface area contributed by atoms with Crippen molar-refractivity contribution in [2.45, 2.75) is 18.9 Å². The first-order chi connectivity index (χ1) is 17.7. The fourth-order valence-corrected chi connectivity index (χ4v) is 5.20. The minimum atomic E-state index is -4.56. The highest BCUT2D eigenvalue weighted by Gasteiger charge is 2.30. The Kier molecular flexibility index (Phi) is 7.98. The van der Waals surface area contributed by atoms with Crippen LogP contribution in [-0.2, 0) is 21.5 Å². The number of thioether (sulfide) groups is 1. The summed E-state index contributed by atoms with van der Waals surface area (Å²) in [6.07, 6.45) is -4.56. The average molecular weight is 548 g/mol. The molecule has 0 aliphatic rings. The molecule has 0 radical (unpaired) electrons. The van der Waals surface area contributed by atoms with E-state index in [0.29, 0.717) is 5.75 Å². The lowest BCUT2D eigenvalue weighted by Gasteiger charge is -2.11. The van der Waals surface area contributed by atoms with E-state index >= 15 is 0 Å². The molecule has 0 aliphatic heterocycles. The van der Waals surface area contributed by atoms with Crippen molar-refractivity contribution in [3.05, 3.63) is 87.2 Å². The zero-order valence-corrected chi connectivity index (χ0v) is 21.0. The van der Waals surface area contributed by atoms with E-state index in [2.05, 4.69) is 10.4 Å². The minimum absolute atomic E-state index is 0.0179. The Hall–Kier alpha value is -3.64. The summed E-state index contributed by atoms with van der Waals surface area (Å²) in [6.45, 7) is 1.65. The molecule has 2 heterocycles. The number of anilines is 1. The molecule has 2 aromatic carbocycles. The van der Waals surface area contributed by atoms with Crippen LogP contribution in [0.15, 0.2) is 64.8 Å². The number of hydrogen-bond acceptors (Lipinski definition) is 7. The number of rotatable bonds is 8. The van der Waals surface area contributed by atoms with E-state index in [4.69, 9.17) is 4.74 Å². The first-order valence-corrected chi connectivity index (χ1v) is 13.0. The summed E-state index contributed by atoms with van der Waals surface area (Å²) in [5.41, 5.74) is -0.700. The Balaban J connectivity index is 1.68. The average Bonchev–Trinajstić information content (AvgIpc) is 3.28. The number of thiophene rings is 1. The molecule has 4 rings (SSSR count). The van der Waals surface area contributed by atoms with Crippen LogP contribution in [0.3, 0.4) is 0 Å². The SMILES string of the molecule is CCOC(=O)c1nn(-c2ccc(C(F)(F)F)cc2)c(=O)c2c(NC(=O)CSCc3ccccc3)scc12. The molecule has 2 aromatic heterocycles. The number of esters is 1. The van der Waals surface area contributed by atoms with Crippen molar-refractivity contribution in [3.63, 3.8) is 0 Å². The van der Waals surface area contributed by atoms with Gasteiger partial charge in [-0.05, 0) is 36.8 Å². The maximum Gasteiger partial charge on any atom is 0.416 e. The Morgan fingerprint density at radius 2 is 1.81 bits per heavy atom. The number of ether oxygens (including phenoxy) is 1. The Labute approximate surface area is 217 Å². The summed E-state index contributed by atoms with van der Waals surface area (Å²) < 4.78 is 44.9. The summed E-state index contributed by atoms with van der Waals surface area (Å²) in [5, 5.41) is 8.73. The van der Waals surface area contributed by atoms with Crippen LogP contribution < -0.4 is 10.9 Å². The molecule has 0 bridgehead atoms. The molecule has 0 spiro atoms. The van der Waals surface area contributed by atoms with Crippen LogP contribution in [0, 0.1) is 0 Å². The van der Waals surface area contributed by atoms with Crippen molar-refractivity contribution in [3.8, 4) is 5.69 Å². The van der Waals surface area contributed by atoms with Gasteiger partial charge in [0.15, 0.2) is 5.69 Å². The molecule has 0 aliphatic carbocycles. The van der Waals surface area contributed by atoms with E-state index in [-0.39, 0.29) is 45.4 Å². The number of hydrogen-bond donors (Lipinski definition) is 1. The number of aromatic nitrogens is 2. The number of fused-ring (bicyclic) bond motifs is 1. The van der Waals surface area contributed by atoms with Gasteiger partial charge in [0.2, 0.25) is 5.91 Å². The van der Waals surface area contributed by atoms with E-state index in [1.807, 2.05) is 30.3 Å². The number of nitrogens with one attached hydrogen (secondary N) is 1. The van der Waals surface area contributed by atoms with Crippen molar-refractivity contribution in [2.75, 3.05) is 17.7 Å². The van der Waals surface area contributed by atoms with Crippen LogP contribution in [0.2, 0.25) is 0 Å². The molecule has 7 nitrogen and oxygen atoms in total. The molecule has 37 heavy (non-hydrogen) atoms. The van der Waals surface area contributed by atoms with Gasteiger partial charge < -0.3 is 10.1 Å². The number of alkyl halides is 3. The van der Waals surface area contributed by atoms with Gasteiger partial charge in [-0.25, -0.2) is 4.79 Å². The number of carbonyl (C=O) groups excluding carboxylic acids is 2. The lowest BCUT2D eigenvalue weighted by molar-refractivity contribution is -0.137. The summed E-state index contributed by atoms with van der Waals surface area (Å²) in [4.78, 5) is 38.6. The molecule has 192 valence electrons. The highest BCUT2D eigenvalue weighted by molar-refractivity contribution is 7.99. The van der Waals surface area contributed by atoms with E-state index < -0.39 is 23.3 Å². The molecule has 4 aromatic rings. The van der Waals surface area contributed by atoms with E-state index in [1.54, 1.807) is 6.92 Å². The maximum atomic E-state index is 13.4. The fourth-order valence-electron chi connectivity index (χ4n) is 3.46. The quantitative estimate of drug-likeness (QED) is 0.293. The molecular formula is C25H20F3N3O4S2. The van der Waals surface area contributed by atoms with Gasteiger partial charge in [-0.15, -0.1) is 23.1 Å². The molecule has 0 saturated heterocycles. The van der Waals surface area contributed by atoms with Crippen LogP contribution in [0.4, 0.5) is 18.2 Å². The lowest BCUT2D eigenvalue weighted by Crippen LogP contribution is -2.26. The number of benzene rings is 2. The second-order valence-corrected chi connectivity index (χ2v) is 9.58. The third kappa shape index (κ3) is 6.03. The molecule has 1 amide bonds. The topological polar surface area (TPSA) is 90.3 Å². The third-order valence-corrected chi connectivity index (χ3v) is 7.06. The van der Waals surface area contributed by atoms with Crippen LogP contribution in [0.1, 0.15) is 28.5 Å². The molecule has 1 N–H and O–H groups in total. The number of carbonyl (C=O) groups is 2. The summed E-state index contributed by atoms with van der Waals surface area (Å²) in [6, 6.07) is 13.4. The van der Waals surface area contributed by atoms with Gasteiger partial charge in [0.1, 0.15) is 5.00 Å². The minimum Gasteiger partial charge on any atom is -0.461 e. The summed E-state index contributed by atoms with van der Waals surface area (Å²) in [5.74, 6) is -0.407. The van der Waals surface area contributed by atoms with E-state index in [1.165, 1.54) is 17.1 Å². The monoisotopic (exact) mass is 547 g/mol. The highest BCUT2D eigenvalue weighted by Crippen LogP contribution is 2.32. The van der Waals surface area contributed by atoms with Gasteiger partial charge in [0.25, 0.3) is 5.56 Å². The van der Waals surface area contributed by atoms with Gasteiger partial charge in [-0.1, -0.05) is 30.3 Å². The number of amides is 1. The zero-order valence-electron chi connectivity index (χ0n) is 19.4. The van der Waals surface area contributed by atoms with Gasteiger partial charge >= 0.3 is 12.1 Å². The Morgan fingerprint density at radius 1 is 1.11 bits per heavy atom. The predicted octanol–water partition coefficient (Wildman–Crippen LogP) is 5.51.